The van der Waals surface area contributed by atoms with E-state index in [0.29, 0.717) is 0 Å². The molecule has 134 valence electrons. The number of aryl methyl sites for hydroxylation is 4. The van der Waals surface area contributed by atoms with E-state index in [4.69, 9.17) is 9.97 Å². The molecule has 26 heavy (non-hydrogen) atoms. The molecule has 3 aromatic rings. The minimum Gasteiger partial charge on any atom is -0.351 e. The maximum atomic E-state index is 4.74. The summed E-state index contributed by atoms with van der Waals surface area (Å²) in [7, 11) is 1.95. The molecule has 0 saturated carbocycles. The Hall–Kier alpha value is -2.76. The number of rotatable bonds is 2. The van der Waals surface area contributed by atoms with E-state index >= 15 is 0 Å². The van der Waals surface area contributed by atoms with Crippen molar-refractivity contribution in [1.29, 1.82) is 0 Å². The predicted molar refractivity (Wildman–Crippen MR) is 102 cm³/mol. The zero-order valence-electron chi connectivity index (χ0n) is 16.0. The first-order chi connectivity index (χ1) is 12.4. The molecule has 4 rings (SSSR count). The standard InChI is InChI=1S/C20H24N6/c1-12-13(2)22-15(4)23-20(12)26-7-6-19-17(10-26)8-16(9-21-19)18-11-25(5)24-14(18)3/h8-9,11H,6-7,10H2,1-5H3. The summed E-state index contributed by atoms with van der Waals surface area (Å²) >= 11 is 0. The largest absolute Gasteiger partial charge is 0.351 e. The van der Waals surface area contributed by atoms with Crippen LogP contribution < -0.4 is 4.90 Å². The highest BCUT2D eigenvalue weighted by Gasteiger charge is 2.22. The minimum absolute atomic E-state index is 0.826. The number of hydrogen-bond acceptors (Lipinski definition) is 5. The molecule has 1 aliphatic rings. The van der Waals surface area contributed by atoms with Crippen molar-refractivity contribution in [2.45, 2.75) is 40.7 Å². The van der Waals surface area contributed by atoms with Crippen molar-refractivity contribution >= 4 is 5.82 Å². The van der Waals surface area contributed by atoms with Crippen LogP contribution in [0, 0.1) is 27.7 Å². The summed E-state index contributed by atoms with van der Waals surface area (Å²) in [5, 5.41) is 4.45. The molecule has 0 aromatic carbocycles. The smallest absolute Gasteiger partial charge is 0.135 e. The number of anilines is 1. The monoisotopic (exact) mass is 348 g/mol. The second-order valence-electron chi connectivity index (χ2n) is 7.11. The van der Waals surface area contributed by atoms with Crippen LogP contribution in [0.15, 0.2) is 18.5 Å². The van der Waals surface area contributed by atoms with Gasteiger partial charge in [-0.15, -0.1) is 0 Å². The highest BCUT2D eigenvalue weighted by atomic mass is 15.2. The van der Waals surface area contributed by atoms with E-state index in [-0.39, 0.29) is 0 Å². The van der Waals surface area contributed by atoms with Crippen molar-refractivity contribution in [2.24, 2.45) is 7.05 Å². The van der Waals surface area contributed by atoms with Crippen LogP contribution in [0.3, 0.4) is 0 Å². The van der Waals surface area contributed by atoms with E-state index in [9.17, 15) is 0 Å². The zero-order valence-corrected chi connectivity index (χ0v) is 16.0. The van der Waals surface area contributed by atoms with Crippen LogP contribution >= 0.6 is 0 Å². The average Bonchev–Trinajstić information content (AvgIpc) is 2.95. The van der Waals surface area contributed by atoms with Gasteiger partial charge in [-0.2, -0.15) is 5.10 Å². The van der Waals surface area contributed by atoms with Crippen LogP contribution in [0.1, 0.15) is 34.0 Å². The summed E-state index contributed by atoms with van der Waals surface area (Å²) in [6.45, 7) is 9.91. The van der Waals surface area contributed by atoms with Crippen molar-refractivity contribution in [2.75, 3.05) is 11.4 Å². The zero-order chi connectivity index (χ0) is 18.4. The molecule has 0 N–H and O–H groups in total. The number of aromatic nitrogens is 5. The average molecular weight is 348 g/mol. The summed E-state index contributed by atoms with van der Waals surface area (Å²) in [4.78, 5) is 16.3. The van der Waals surface area contributed by atoms with Crippen molar-refractivity contribution in [3.8, 4) is 11.1 Å². The Kier molecular flexibility index (Phi) is 3.98. The molecule has 0 unspecified atom stereocenters. The fourth-order valence-electron chi connectivity index (χ4n) is 3.70. The fourth-order valence-corrected chi connectivity index (χ4v) is 3.70. The van der Waals surface area contributed by atoms with Gasteiger partial charge in [-0.1, -0.05) is 0 Å². The normalized spacial score (nSPS) is 13.8. The molecular weight excluding hydrogens is 324 g/mol. The molecule has 6 nitrogen and oxygen atoms in total. The molecule has 0 spiro atoms. The molecule has 0 saturated heterocycles. The lowest BCUT2D eigenvalue weighted by Crippen LogP contribution is -2.32. The lowest BCUT2D eigenvalue weighted by molar-refractivity contribution is 0.696. The van der Waals surface area contributed by atoms with Gasteiger partial charge >= 0.3 is 0 Å². The van der Waals surface area contributed by atoms with E-state index < -0.39 is 0 Å². The van der Waals surface area contributed by atoms with Gasteiger partial charge in [-0.05, 0) is 39.3 Å². The first-order valence-electron chi connectivity index (χ1n) is 8.97. The molecule has 4 heterocycles. The van der Waals surface area contributed by atoms with Gasteiger partial charge in [-0.3, -0.25) is 9.67 Å². The van der Waals surface area contributed by atoms with Gasteiger partial charge in [0.25, 0.3) is 0 Å². The molecule has 0 amide bonds. The molecule has 0 aliphatic carbocycles. The van der Waals surface area contributed by atoms with Crippen molar-refractivity contribution in [3.05, 3.63) is 52.5 Å². The maximum absolute atomic E-state index is 4.74. The Morgan fingerprint density at radius 3 is 2.58 bits per heavy atom. The molecule has 3 aromatic heterocycles. The van der Waals surface area contributed by atoms with Gasteiger partial charge in [0.1, 0.15) is 11.6 Å². The van der Waals surface area contributed by atoms with Crippen LogP contribution in [0.4, 0.5) is 5.82 Å². The third-order valence-electron chi connectivity index (χ3n) is 5.14. The summed E-state index contributed by atoms with van der Waals surface area (Å²) < 4.78 is 1.85. The van der Waals surface area contributed by atoms with E-state index in [0.717, 1.165) is 59.2 Å². The maximum Gasteiger partial charge on any atom is 0.135 e. The van der Waals surface area contributed by atoms with Crippen molar-refractivity contribution in [3.63, 3.8) is 0 Å². The SMILES string of the molecule is Cc1nc(C)c(C)c(N2CCc3ncc(-c4cn(C)nc4C)cc3C2)n1. The lowest BCUT2D eigenvalue weighted by atomic mass is 10.0. The molecule has 6 heteroatoms. The second-order valence-corrected chi connectivity index (χ2v) is 7.11. The highest BCUT2D eigenvalue weighted by Crippen LogP contribution is 2.29. The van der Waals surface area contributed by atoms with E-state index in [1.807, 2.05) is 31.8 Å². The summed E-state index contributed by atoms with van der Waals surface area (Å²) in [5.41, 5.74) is 7.96. The number of pyridine rings is 1. The summed E-state index contributed by atoms with van der Waals surface area (Å²) in [6.07, 6.45) is 4.96. The van der Waals surface area contributed by atoms with Gasteiger partial charge in [0.2, 0.25) is 0 Å². The Labute approximate surface area is 153 Å². The number of nitrogens with zero attached hydrogens (tertiary/aromatic N) is 6. The van der Waals surface area contributed by atoms with Gasteiger partial charge in [0.15, 0.2) is 0 Å². The minimum atomic E-state index is 0.826. The Balaban J connectivity index is 1.70. The van der Waals surface area contributed by atoms with E-state index in [2.05, 4.69) is 41.1 Å². The third kappa shape index (κ3) is 2.85. The topological polar surface area (TPSA) is 59.7 Å². The van der Waals surface area contributed by atoms with Crippen LogP contribution in [-0.4, -0.2) is 31.3 Å². The van der Waals surface area contributed by atoms with E-state index in [1.165, 1.54) is 11.3 Å². The lowest BCUT2D eigenvalue weighted by Gasteiger charge is -2.31. The van der Waals surface area contributed by atoms with Gasteiger partial charge in [0, 0.05) is 67.0 Å². The number of fused-ring (bicyclic) bond motifs is 1. The van der Waals surface area contributed by atoms with Crippen molar-refractivity contribution in [1.82, 2.24) is 24.7 Å². The molecule has 1 aliphatic heterocycles. The second kappa shape index (κ2) is 6.20. The Morgan fingerprint density at radius 2 is 1.85 bits per heavy atom. The Morgan fingerprint density at radius 1 is 1.04 bits per heavy atom. The molecular formula is C20H24N6. The van der Waals surface area contributed by atoms with Crippen LogP contribution in [-0.2, 0) is 20.0 Å². The third-order valence-corrected chi connectivity index (χ3v) is 5.14. The summed E-state index contributed by atoms with van der Waals surface area (Å²) in [6, 6.07) is 2.26. The van der Waals surface area contributed by atoms with Crippen LogP contribution in [0.25, 0.3) is 11.1 Å². The van der Waals surface area contributed by atoms with Crippen LogP contribution in [0.2, 0.25) is 0 Å². The predicted octanol–water partition coefficient (Wildman–Crippen LogP) is 3.07. The fraction of sp³-hybridized carbons (Fsp3) is 0.400. The molecule has 0 bridgehead atoms. The van der Waals surface area contributed by atoms with Crippen LogP contribution in [0.5, 0.6) is 0 Å². The van der Waals surface area contributed by atoms with Gasteiger partial charge in [-0.25, -0.2) is 9.97 Å². The Bertz CT molecular complexity index is 988. The molecule has 0 radical (unpaired) electrons. The number of hydrogen-bond donors (Lipinski definition) is 0. The van der Waals surface area contributed by atoms with Crippen molar-refractivity contribution < 1.29 is 0 Å². The molecule has 0 atom stereocenters. The first kappa shape index (κ1) is 16.7. The quantitative estimate of drug-likeness (QED) is 0.712. The first-order valence-corrected chi connectivity index (χ1v) is 8.97. The van der Waals surface area contributed by atoms with Gasteiger partial charge < -0.3 is 4.90 Å². The highest BCUT2D eigenvalue weighted by molar-refractivity contribution is 5.65. The molecule has 0 fully saturated rings. The van der Waals surface area contributed by atoms with Gasteiger partial charge in [0.05, 0.1) is 5.69 Å². The summed E-state index contributed by atoms with van der Waals surface area (Å²) in [5.74, 6) is 1.87. The van der Waals surface area contributed by atoms with E-state index in [1.54, 1.807) is 0 Å².